The van der Waals surface area contributed by atoms with Crippen LogP contribution in [-0.4, -0.2) is 16.5 Å². The van der Waals surface area contributed by atoms with Crippen LogP contribution in [-0.2, 0) is 6.42 Å². The molecule has 20 heavy (non-hydrogen) atoms. The van der Waals surface area contributed by atoms with Gasteiger partial charge in [-0.1, -0.05) is 17.7 Å². The van der Waals surface area contributed by atoms with Crippen LogP contribution in [0.4, 0.5) is 5.82 Å². The first-order valence-corrected chi connectivity index (χ1v) is 7.66. The summed E-state index contributed by atoms with van der Waals surface area (Å²) in [6.45, 7) is 2.98. The molecule has 3 nitrogen and oxygen atoms in total. The predicted molar refractivity (Wildman–Crippen MR) is 85.8 cm³/mol. The zero-order valence-electron chi connectivity index (χ0n) is 11.1. The Morgan fingerprint density at radius 2 is 2.15 bits per heavy atom. The Morgan fingerprint density at radius 3 is 3.00 bits per heavy atom. The number of hydrogen-bond donors (Lipinski definition) is 1. The van der Waals surface area contributed by atoms with E-state index in [4.69, 9.17) is 11.6 Å². The van der Waals surface area contributed by atoms with Gasteiger partial charge in [0.1, 0.15) is 17.3 Å². The summed E-state index contributed by atoms with van der Waals surface area (Å²) in [5, 5.41) is 7.28. The largest absolute Gasteiger partial charge is 0.370 e. The van der Waals surface area contributed by atoms with E-state index in [9.17, 15) is 0 Å². The lowest BCUT2D eigenvalue weighted by Crippen LogP contribution is -2.06. The average molecular weight is 304 g/mol. The van der Waals surface area contributed by atoms with Crippen molar-refractivity contribution in [1.82, 2.24) is 9.97 Å². The second-order valence-electron chi connectivity index (χ2n) is 4.65. The number of nitrogens with one attached hydrogen (secondary N) is 1. The van der Waals surface area contributed by atoms with Crippen molar-refractivity contribution in [2.75, 3.05) is 11.9 Å². The number of benzene rings is 1. The summed E-state index contributed by atoms with van der Waals surface area (Å²) in [4.78, 5) is 7.98. The summed E-state index contributed by atoms with van der Waals surface area (Å²) < 4.78 is 1.35. The number of thiophene rings is 1. The number of rotatable bonds is 4. The highest BCUT2D eigenvalue weighted by Crippen LogP contribution is 2.26. The fourth-order valence-corrected chi connectivity index (χ4v) is 3.20. The zero-order chi connectivity index (χ0) is 13.9. The van der Waals surface area contributed by atoms with Gasteiger partial charge in [0, 0.05) is 17.3 Å². The van der Waals surface area contributed by atoms with Crippen molar-refractivity contribution in [3.8, 4) is 0 Å². The number of aromatic nitrogens is 2. The molecule has 0 unspecified atom stereocenters. The second kappa shape index (κ2) is 5.77. The van der Waals surface area contributed by atoms with Crippen molar-refractivity contribution in [2.45, 2.75) is 13.3 Å². The van der Waals surface area contributed by atoms with E-state index >= 15 is 0 Å². The van der Waals surface area contributed by atoms with Crippen LogP contribution >= 0.6 is 22.9 Å². The molecule has 3 rings (SSSR count). The number of aryl methyl sites for hydroxylation is 1. The molecule has 0 saturated carbocycles. The molecule has 0 radical (unpaired) electrons. The van der Waals surface area contributed by atoms with Gasteiger partial charge < -0.3 is 5.32 Å². The van der Waals surface area contributed by atoms with E-state index in [1.165, 1.54) is 27.5 Å². The molecule has 0 saturated heterocycles. The summed E-state index contributed by atoms with van der Waals surface area (Å²) in [5.74, 6) is 0.762. The fraction of sp³-hybridized carbons (Fsp3) is 0.200. The summed E-state index contributed by atoms with van der Waals surface area (Å²) in [7, 11) is 0. The van der Waals surface area contributed by atoms with Gasteiger partial charge in [-0.05, 0) is 47.4 Å². The molecular formula is C15H14ClN3S. The third-order valence-corrected chi connectivity index (χ3v) is 4.47. The number of nitrogens with zero attached hydrogens (tertiary/aromatic N) is 2. The van der Waals surface area contributed by atoms with Crippen LogP contribution in [0.3, 0.4) is 0 Å². The van der Waals surface area contributed by atoms with Crippen LogP contribution in [0.15, 0.2) is 36.0 Å². The van der Waals surface area contributed by atoms with E-state index in [2.05, 4.69) is 45.8 Å². The van der Waals surface area contributed by atoms with E-state index in [1.54, 1.807) is 17.4 Å². The first kappa shape index (κ1) is 13.3. The van der Waals surface area contributed by atoms with Crippen LogP contribution in [0.2, 0.25) is 5.15 Å². The molecule has 0 aliphatic carbocycles. The molecule has 0 aliphatic heterocycles. The molecule has 5 heteroatoms. The Balaban J connectivity index is 1.66. The molecular weight excluding hydrogens is 290 g/mol. The maximum Gasteiger partial charge on any atom is 0.134 e. The van der Waals surface area contributed by atoms with Crippen molar-refractivity contribution in [1.29, 1.82) is 0 Å². The van der Waals surface area contributed by atoms with Gasteiger partial charge in [0.05, 0.1) is 0 Å². The highest BCUT2D eigenvalue weighted by molar-refractivity contribution is 7.17. The molecule has 2 heterocycles. The molecule has 1 N–H and O–H groups in total. The Bertz CT molecular complexity index is 739. The second-order valence-corrected chi connectivity index (χ2v) is 5.95. The van der Waals surface area contributed by atoms with Crippen molar-refractivity contribution in [3.63, 3.8) is 0 Å². The quantitative estimate of drug-likeness (QED) is 0.730. The van der Waals surface area contributed by atoms with Gasteiger partial charge in [-0.25, -0.2) is 9.97 Å². The number of hydrogen-bond acceptors (Lipinski definition) is 4. The third kappa shape index (κ3) is 2.92. The summed E-state index contributed by atoms with van der Waals surface area (Å²) in [6, 6.07) is 8.39. The van der Waals surface area contributed by atoms with Crippen LogP contribution in [0.5, 0.6) is 0 Å². The van der Waals surface area contributed by atoms with Gasteiger partial charge in [-0.15, -0.1) is 11.3 Å². The molecule has 0 spiro atoms. The van der Waals surface area contributed by atoms with E-state index in [-0.39, 0.29) is 0 Å². The van der Waals surface area contributed by atoms with Crippen LogP contribution in [0.1, 0.15) is 11.1 Å². The zero-order valence-corrected chi connectivity index (χ0v) is 12.6. The summed E-state index contributed by atoms with van der Waals surface area (Å²) in [6.07, 6.45) is 2.41. The summed E-state index contributed by atoms with van der Waals surface area (Å²) in [5.41, 5.74) is 2.68. The van der Waals surface area contributed by atoms with E-state index < -0.39 is 0 Å². The van der Waals surface area contributed by atoms with Gasteiger partial charge in [0.25, 0.3) is 0 Å². The topological polar surface area (TPSA) is 37.8 Å². The Kier molecular flexibility index (Phi) is 3.85. The Morgan fingerprint density at radius 1 is 1.25 bits per heavy atom. The summed E-state index contributed by atoms with van der Waals surface area (Å²) >= 11 is 7.62. The standard InChI is InChI=1S/C15H14ClN3S/c1-10-8-20-13-3-2-11(6-12(10)13)4-5-17-15-7-14(16)18-9-19-15/h2-3,6-9H,4-5H2,1H3,(H,17,18,19). The van der Waals surface area contributed by atoms with Crippen LogP contribution in [0, 0.1) is 6.92 Å². The minimum absolute atomic E-state index is 0.456. The molecule has 0 bridgehead atoms. The van der Waals surface area contributed by atoms with E-state index in [0.29, 0.717) is 5.15 Å². The van der Waals surface area contributed by atoms with Crippen LogP contribution < -0.4 is 5.32 Å². The molecule has 0 fully saturated rings. The van der Waals surface area contributed by atoms with Crippen molar-refractivity contribution in [2.24, 2.45) is 0 Å². The molecule has 0 aliphatic rings. The first-order chi connectivity index (χ1) is 9.72. The number of halogens is 1. The monoisotopic (exact) mass is 303 g/mol. The van der Waals surface area contributed by atoms with Gasteiger partial charge >= 0.3 is 0 Å². The van der Waals surface area contributed by atoms with Crippen molar-refractivity contribution in [3.05, 3.63) is 52.3 Å². The van der Waals surface area contributed by atoms with Gasteiger partial charge in [0.15, 0.2) is 0 Å². The molecule has 0 amide bonds. The van der Waals surface area contributed by atoms with Gasteiger partial charge in [-0.2, -0.15) is 0 Å². The maximum absolute atomic E-state index is 5.82. The molecule has 102 valence electrons. The van der Waals surface area contributed by atoms with Gasteiger partial charge in [-0.3, -0.25) is 0 Å². The fourth-order valence-electron chi connectivity index (χ4n) is 2.12. The Hall–Kier alpha value is -1.65. The molecule has 2 aromatic heterocycles. The number of anilines is 1. The van der Waals surface area contributed by atoms with E-state index in [1.807, 2.05) is 0 Å². The SMILES string of the molecule is Cc1csc2ccc(CCNc3cc(Cl)ncn3)cc12. The normalized spacial score (nSPS) is 10.9. The molecule has 0 atom stereocenters. The molecule has 1 aromatic carbocycles. The average Bonchev–Trinajstić information content (AvgIpc) is 2.80. The van der Waals surface area contributed by atoms with Crippen molar-refractivity contribution < 1.29 is 0 Å². The highest BCUT2D eigenvalue weighted by Gasteiger charge is 2.02. The lowest BCUT2D eigenvalue weighted by molar-refractivity contribution is 1.00. The van der Waals surface area contributed by atoms with Gasteiger partial charge in [0.2, 0.25) is 0 Å². The molecule has 3 aromatic rings. The maximum atomic E-state index is 5.82. The third-order valence-electron chi connectivity index (χ3n) is 3.18. The van der Waals surface area contributed by atoms with E-state index in [0.717, 1.165) is 18.8 Å². The smallest absolute Gasteiger partial charge is 0.134 e. The minimum Gasteiger partial charge on any atom is -0.370 e. The minimum atomic E-state index is 0.456. The first-order valence-electron chi connectivity index (χ1n) is 6.40. The Labute approximate surface area is 126 Å². The number of fused-ring (bicyclic) bond motifs is 1. The highest BCUT2D eigenvalue weighted by atomic mass is 35.5. The van der Waals surface area contributed by atoms with Crippen LogP contribution in [0.25, 0.3) is 10.1 Å². The lowest BCUT2D eigenvalue weighted by Gasteiger charge is -2.06. The predicted octanol–water partition coefficient (Wildman–Crippen LogP) is 4.31. The lowest BCUT2D eigenvalue weighted by atomic mass is 10.1. The van der Waals surface area contributed by atoms with Crippen molar-refractivity contribution >= 4 is 38.8 Å².